The second-order valence-corrected chi connectivity index (χ2v) is 5.64. The fraction of sp³-hybridized carbons (Fsp3) is 0.667. The molecule has 2 atom stereocenters. The Morgan fingerprint density at radius 2 is 1.94 bits per heavy atom. The molecule has 1 aromatic rings. The summed E-state index contributed by atoms with van der Waals surface area (Å²) in [5, 5.41) is 0. The summed E-state index contributed by atoms with van der Waals surface area (Å²) in [7, 11) is 0. The van der Waals surface area contributed by atoms with Gasteiger partial charge in [-0.1, -0.05) is 32.8 Å². The molecule has 2 N–H and O–H groups in total. The Bertz CT molecular complexity index is 328. The van der Waals surface area contributed by atoms with Gasteiger partial charge in [-0.15, -0.1) is 0 Å². The van der Waals surface area contributed by atoms with Crippen LogP contribution in [-0.2, 0) is 0 Å². The number of rotatable bonds is 3. The molecule has 1 aliphatic rings. The molecule has 1 aromatic heterocycles. The lowest BCUT2D eigenvalue weighted by molar-refractivity contribution is 0.239. The second-order valence-electron chi connectivity index (χ2n) is 5.64. The summed E-state index contributed by atoms with van der Waals surface area (Å²) in [5.74, 6) is 1.95. The van der Waals surface area contributed by atoms with Crippen LogP contribution in [0.4, 0.5) is 0 Å². The predicted octanol–water partition coefficient (Wildman–Crippen LogP) is 3.34. The summed E-state index contributed by atoms with van der Waals surface area (Å²) in [6.07, 6.45) is 7.13. The van der Waals surface area contributed by atoms with Gasteiger partial charge in [0.25, 0.3) is 0 Å². The SMILES string of the molecule is CC1CCC(C(N)C(C)c2ccccn2)CC1. The van der Waals surface area contributed by atoms with Crippen molar-refractivity contribution in [3.8, 4) is 0 Å². The molecular formula is C15H24N2. The first-order chi connectivity index (χ1) is 8.18. The van der Waals surface area contributed by atoms with Crippen LogP contribution in [0.2, 0.25) is 0 Å². The molecule has 94 valence electrons. The first-order valence-electron chi connectivity index (χ1n) is 6.85. The van der Waals surface area contributed by atoms with Crippen LogP contribution >= 0.6 is 0 Å². The Morgan fingerprint density at radius 1 is 1.24 bits per heavy atom. The third-order valence-corrected chi connectivity index (χ3v) is 4.34. The van der Waals surface area contributed by atoms with Crippen molar-refractivity contribution in [1.29, 1.82) is 0 Å². The molecule has 0 spiro atoms. The van der Waals surface area contributed by atoms with Gasteiger partial charge in [-0.2, -0.15) is 0 Å². The van der Waals surface area contributed by atoms with E-state index in [4.69, 9.17) is 5.73 Å². The maximum atomic E-state index is 6.43. The maximum absolute atomic E-state index is 6.43. The van der Waals surface area contributed by atoms with Gasteiger partial charge < -0.3 is 5.73 Å². The monoisotopic (exact) mass is 232 g/mol. The predicted molar refractivity (Wildman–Crippen MR) is 71.7 cm³/mol. The van der Waals surface area contributed by atoms with E-state index in [0.717, 1.165) is 11.6 Å². The Hall–Kier alpha value is -0.890. The summed E-state index contributed by atoms with van der Waals surface area (Å²) in [6.45, 7) is 4.56. The van der Waals surface area contributed by atoms with Crippen molar-refractivity contribution < 1.29 is 0 Å². The van der Waals surface area contributed by atoms with E-state index in [1.165, 1.54) is 25.7 Å². The smallest absolute Gasteiger partial charge is 0.0447 e. The quantitative estimate of drug-likeness (QED) is 0.868. The van der Waals surface area contributed by atoms with E-state index in [1.807, 2.05) is 12.3 Å². The summed E-state index contributed by atoms with van der Waals surface area (Å²) in [5.41, 5.74) is 7.57. The van der Waals surface area contributed by atoms with Gasteiger partial charge >= 0.3 is 0 Å². The van der Waals surface area contributed by atoms with Gasteiger partial charge in [0.15, 0.2) is 0 Å². The minimum atomic E-state index is 0.261. The van der Waals surface area contributed by atoms with E-state index in [-0.39, 0.29) is 6.04 Å². The second kappa shape index (κ2) is 5.63. The van der Waals surface area contributed by atoms with Crippen LogP contribution in [0.25, 0.3) is 0 Å². The van der Waals surface area contributed by atoms with Crippen molar-refractivity contribution in [2.24, 2.45) is 17.6 Å². The van der Waals surface area contributed by atoms with E-state index in [2.05, 4.69) is 31.0 Å². The molecule has 1 fully saturated rings. The number of hydrogen-bond donors (Lipinski definition) is 1. The zero-order chi connectivity index (χ0) is 12.3. The Labute approximate surface area is 105 Å². The third-order valence-electron chi connectivity index (χ3n) is 4.34. The molecule has 0 saturated heterocycles. The normalized spacial score (nSPS) is 28.6. The highest BCUT2D eigenvalue weighted by Crippen LogP contribution is 2.33. The third kappa shape index (κ3) is 3.06. The van der Waals surface area contributed by atoms with Crippen molar-refractivity contribution in [3.63, 3.8) is 0 Å². The van der Waals surface area contributed by atoms with Crippen LogP contribution < -0.4 is 5.73 Å². The first-order valence-corrected chi connectivity index (χ1v) is 6.85. The van der Waals surface area contributed by atoms with Gasteiger partial charge in [-0.05, 0) is 36.8 Å². The molecule has 0 bridgehead atoms. The van der Waals surface area contributed by atoms with Crippen molar-refractivity contribution in [2.45, 2.75) is 51.5 Å². The number of nitrogens with zero attached hydrogens (tertiary/aromatic N) is 1. The van der Waals surface area contributed by atoms with Crippen LogP contribution in [0, 0.1) is 11.8 Å². The van der Waals surface area contributed by atoms with Gasteiger partial charge in [0.05, 0.1) is 0 Å². The Balaban J connectivity index is 1.98. The van der Waals surface area contributed by atoms with Crippen LogP contribution in [0.1, 0.15) is 51.1 Å². The number of nitrogens with two attached hydrogens (primary N) is 1. The minimum Gasteiger partial charge on any atom is -0.327 e. The zero-order valence-corrected chi connectivity index (χ0v) is 11.0. The fourth-order valence-corrected chi connectivity index (χ4v) is 2.92. The molecule has 2 unspecified atom stereocenters. The van der Waals surface area contributed by atoms with Crippen molar-refractivity contribution in [3.05, 3.63) is 30.1 Å². The molecule has 0 amide bonds. The average Bonchev–Trinajstić information content (AvgIpc) is 2.39. The van der Waals surface area contributed by atoms with Crippen LogP contribution in [0.3, 0.4) is 0 Å². The topological polar surface area (TPSA) is 38.9 Å². The highest BCUT2D eigenvalue weighted by molar-refractivity contribution is 5.11. The molecular weight excluding hydrogens is 208 g/mol. The first kappa shape index (κ1) is 12.6. The molecule has 0 aliphatic heterocycles. The number of pyridine rings is 1. The average molecular weight is 232 g/mol. The van der Waals surface area contributed by atoms with Gasteiger partial charge in [-0.25, -0.2) is 0 Å². The van der Waals surface area contributed by atoms with E-state index < -0.39 is 0 Å². The van der Waals surface area contributed by atoms with Gasteiger partial charge in [0.1, 0.15) is 0 Å². The van der Waals surface area contributed by atoms with E-state index in [9.17, 15) is 0 Å². The fourth-order valence-electron chi connectivity index (χ4n) is 2.92. The van der Waals surface area contributed by atoms with Crippen molar-refractivity contribution >= 4 is 0 Å². The molecule has 0 aromatic carbocycles. The maximum Gasteiger partial charge on any atom is 0.0447 e. The summed E-state index contributed by atoms with van der Waals surface area (Å²) in [6, 6.07) is 6.37. The van der Waals surface area contributed by atoms with Crippen LogP contribution in [0.15, 0.2) is 24.4 Å². The van der Waals surface area contributed by atoms with Crippen molar-refractivity contribution in [1.82, 2.24) is 4.98 Å². The lowest BCUT2D eigenvalue weighted by Gasteiger charge is -2.33. The highest BCUT2D eigenvalue weighted by Gasteiger charge is 2.28. The minimum absolute atomic E-state index is 0.261. The Kier molecular flexibility index (Phi) is 4.16. The van der Waals surface area contributed by atoms with E-state index in [0.29, 0.717) is 11.8 Å². The van der Waals surface area contributed by atoms with E-state index >= 15 is 0 Å². The molecule has 1 saturated carbocycles. The molecule has 2 nitrogen and oxygen atoms in total. The summed E-state index contributed by atoms with van der Waals surface area (Å²) < 4.78 is 0. The molecule has 2 rings (SSSR count). The lowest BCUT2D eigenvalue weighted by atomic mass is 9.75. The van der Waals surface area contributed by atoms with Crippen molar-refractivity contribution in [2.75, 3.05) is 0 Å². The number of aromatic nitrogens is 1. The lowest BCUT2D eigenvalue weighted by Crippen LogP contribution is -2.37. The molecule has 1 heterocycles. The highest BCUT2D eigenvalue weighted by atomic mass is 14.7. The molecule has 1 aliphatic carbocycles. The van der Waals surface area contributed by atoms with Crippen LogP contribution in [0.5, 0.6) is 0 Å². The summed E-state index contributed by atoms with van der Waals surface area (Å²) >= 11 is 0. The molecule has 2 heteroatoms. The van der Waals surface area contributed by atoms with Gasteiger partial charge in [0, 0.05) is 23.9 Å². The van der Waals surface area contributed by atoms with Gasteiger partial charge in [-0.3, -0.25) is 4.98 Å². The van der Waals surface area contributed by atoms with E-state index in [1.54, 1.807) is 0 Å². The zero-order valence-electron chi connectivity index (χ0n) is 11.0. The molecule has 17 heavy (non-hydrogen) atoms. The largest absolute Gasteiger partial charge is 0.327 e. The number of hydrogen-bond acceptors (Lipinski definition) is 2. The standard InChI is InChI=1S/C15H24N2/c1-11-6-8-13(9-7-11)15(16)12(2)14-5-3-4-10-17-14/h3-5,10-13,15H,6-9,16H2,1-2H3. The molecule has 0 radical (unpaired) electrons. The summed E-state index contributed by atoms with van der Waals surface area (Å²) in [4.78, 5) is 4.43. The van der Waals surface area contributed by atoms with Crippen LogP contribution in [-0.4, -0.2) is 11.0 Å². The Morgan fingerprint density at radius 3 is 2.53 bits per heavy atom. The van der Waals surface area contributed by atoms with Gasteiger partial charge in [0.2, 0.25) is 0 Å².